The molecule has 0 saturated carbocycles. The van der Waals surface area contributed by atoms with E-state index in [4.69, 9.17) is 0 Å². The van der Waals surface area contributed by atoms with Gasteiger partial charge in [-0.3, -0.25) is 0 Å². The average Bonchev–Trinajstić information content (AvgIpc) is 3.11. The van der Waals surface area contributed by atoms with E-state index in [1.165, 1.54) is 28.6 Å². The summed E-state index contributed by atoms with van der Waals surface area (Å²) in [5.41, 5.74) is 2.98. The summed E-state index contributed by atoms with van der Waals surface area (Å²) in [7, 11) is 0. The maximum Gasteiger partial charge on any atom is 0.416 e. The fourth-order valence-electron chi connectivity index (χ4n) is 4.29. The van der Waals surface area contributed by atoms with Gasteiger partial charge in [0.1, 0.15) is 0 Å². The van der Waals surface area contributed by atoms with E-state index in [2.05, 4.69) is 50.2 Å². The molecule has 3 aromatic rings. The number of H-pyrrole nitrogens is 1. The number of aromatic nitrogens is 1. The molecule has 0 atom stereocenters. The number of alkyl halides is 3. The van der Waals surface area contributed by atoms with Crippen molar-refractivity contribution < 1.29 is 13.2 Å². The smallest absolute Gasteiger partial charge is 0.361 e. The van der Waals surface area contributed by atoms with Crippen molar-refractivity contribution in [3.05, 3.63) is 69.8 Å². The number of aromatic amines is 1. The van der Waals surface area contributed by atoms with Gasteiger partial charge in [-0.05, 0) is 92.7 Å². The van der Waals surface area contributed by atoms with Gasteiger partial charge in [0.05, 0.1) is 5.56 Å². The van der Waals surface area contributed by atoms with Gasteiger partial charge >= 0.3 is 6.18 Å². The first-order chi connectivity index (χ1) is 13.9. The summed E-state index contributed by atoms with van der Waals surface area (Å²) in [6, 6.07) is 11.9. The third-order valence-corrected chi connectivity index (χ3v) is 6.42. The van der Waals surface area contributed by atoms with Crippen LogP contribution in [0.2, 0.25) is 0 Å². The van der Waals surface area contributed by atoms with Crippen LogP contribution in [0.25, 0.3) is 10.9 Å². The second-order valence-electron chi connectivity index (χ2n) is 7.85. The van der Waals surface area contributed by atoms with E-state index in [0.29, 0.717) is 5.92 Å². The molecule has 1 saturated heterocycles. The Kier molecular flexibility index (Phi) is 6.02. The van der Waals surface area contributed by atoms with Gasteiger partial charge < -0.3 is 9.88 Å². The van der Waals surface area contributed by atoms with Gasteiger partial charge in [-0.15, -0.1) is 0 Å². The standard InChI is InChI=1S/C23H24BrF3N2/c24-19-7-8-22-20(14-19)21(15-28-22)17-9-12-29(13-10-17)11-1-2-16-3-5-18(6-4-16)23(25,26)27/h3-8,14-15,17,28H,1-2,9-13H2. The van der Waals surface area contributed by atoms with Gasteiger partial charge in [0.15, 0.2) is 0 Å². The molecular weight excluding hydrogens is 441 g/mol. The Morgan fingerprint density at radius 3 is 2.45 bits per heavy atom. The SMILES string of the molecule is FC(F)(F)c1ccc(CCCN2CCC(c3c[nH]c4ccc(Br)cc34)CC2)cc1. The van der Waals surface area contributed by atoms with Crippen molar-refractivity contribution in [3.63, 3.8) is 0 Å². The van der Waals surface area contributed by atoms with E-state index in [1.807, 2.05) is 0 Å². The lowest BCUT2D eigenvalue weighted by Gasteiger charge is -2.32. The third kappa shape index (κ3) is 4.86. The predicted molar refractivity (Wildman–Crippen MR) is 114 cm³/mol. The van der Waals surface area contributed by atoms with Gasteiger partial charge in [0.2, 0.25) is 0 Å². The lowest BCUT2D eigenvalue weighted by Crippen LogP contribution is -2.33. The number of hydrogen-bond donors (Lipinski definition) is 1. The van der Waals surface area contributed by atoms with E-state index in [1.54, 1.807) is 12.1 Å². The van der Waals surface area contributed by atoms with Crippen LogP contribution < -0.4 is 0 Å². The molecule has 154 valence electrons. The molecule has 0 amide bonds. The van der Waals surface area contributed by atoms with Crippen molar-refractivity contribution in [2.24, 2.45) is 0 Å². The number of fused-ring (bicyclic) bond motifs is 1. The highest BCUT2D eigenvalue weighted by atomic mass is 79.9. The van der Waals surface area contributed by atoms with Crippen LogP contribution in [-0.2, 0) is 12.6 Å². The third-order valence-electron chi connectivity index (χ3n) is 5.92. The molecule has 0 spiro atoms. The molecule has 0 bridgehead atoms. The lowest BCUT2D eigenvalue weighted by molar-refractivity contribution is -0.137. The second-order valence-corrected chi connectivity index (χ2v) is 8.76. The zero-order valence-electron chi connectivity index (χ0n) is 16.1. The van der Waals surface area contributed by atoms with Gasteiger partial charge in [-0.25, -0.2) is 0 Å². The van der Waals surface area contributed by atoms with Gasteiger partial charge in [-0.1, -0.05) is 28.1 Å². The number of benzene rings is 2. The number of hydrogen-bond acceptors (Lipinski definition) is 1. The minimum absolute atomic E-state index is 0.573. The lowest BCUT2D eigenvalue weighted by atomic mass is 9.89. The Morgan fingerprint density at radius 1 is 1.03 bits per heavy atom. The molecule has 2 aromatic carbocycles. The van der Waals surface area contributed by atoms with Crippen LogP contribution in [0.1, 0.15) is 41.9 Å². The van der Waals surface area contributed by atoms with E-state index < -0.39 is 11.7 Å². The highest BCUT2D eigenvalue weighted by Gasteiger charge is 2.30. The van der Waals surface area contributed by atoms with E-state index in [9.17, 15) is 13.2 Å². The molecule has 1 aliphatic heterocycles. The minimum Gasteiger partial charge on any atom is -0.361 e. The zero-order valence-corrected chi connectivity index (χ0v) is 17.7. The topological polar surface area (TPSA) is 19.0 Å². The largest absolute Gasteiger partial charge is 0.416 e. The van der Waals surface area contributed by atoms with Crippen LogP contribution in [0.5, 0.6) is 0 Å². The summed E-state index contributed by atoms with van der Waals surface area (Å²) in [6.45, 7) is 3.13. The van der Waals surface area contributed by atoms with Gasteiger partial charge in [0.25, 0.3) is 0 Å². The highest BCUT2D eigenvalue weighted by Crippen LogP contribution is 2.34. The first-order valence-corrected chi connectivity index (χ1v) is 10.8. The predicted octanol–water partition coefficient (Wildman–Crippen LogP) is 6.76. The highest BCUT2D eigenvalue weighted by molar-refractivity contribution is 9.10. The van der Waals surface area contributed by atoms with Crippen molar-refractivity contribution in [1.29, 1.82) is 0 Å². The minimum atomic E-state index is -4.26. The Labute approximate surface area is 177 Å². The monoisotopic (exact) mass is 464 g/mol. The second kappa shape index (κ2) is 8.52. The first-order valence-electron chi connectivity index (χ1n) is 10.1. The zero-order chi connectivity index (χ0) is 20.4. The average molecular weight is 465 g/mol. The fourth-order valence-corrected chi connectivity index (χ4v) is 4.65. The Bertz CT molecular complexity index is 954. The van der Waals surface area contributed by atoms with Crippen LogP contribution in [0, 0.1) is 0 Å². The van der Waals surface area contributed by atoms with Crippen LogP contribution in [0.15, 0.2) is 53.1 Å². The summed E-state index contributed by atoms with van der Waals surface area (Å²) in [5, 5.41) is 1.31. The maximum atomic E-state index is 12.6. The van der Waals surface area contributed by atoms with Crippen molar-refractivity contribution in [3.8, 4) is 0 Å². The summed E-state index contributed by atoms with van der Waals surface area (Å²) in [5.74, 6) is 0.573. The molecule has 4 rings (SSSR count). The van der Waals surface area contributed by atoms with E-state index >= 15 is 0 Å². The van der Waals surface area contributed by atoms with Crippen LogP contribution in [0.3, 0.4) is 0 Å². The van der Waals surface area contributed by atoms with Crippen molar-refractivity contribution >= 4 is 26.8 Å². The van der Waals surface area contributed by atoms with Crippen molar-refractivity contribution in [1.82, 2.24) is 9.88 Å². The summed E-state index contributed by atoms with van der Waals surface area (Å²) in [4.78, 5) is 5.86. The molecule has 2 heterocycles. The number of nitrogens with zero attached hydrogens (tertiary/aromatic N) is 1. The molecule has 0 aliphatic carbocycles. The fraction of sp³-hybridized carbons (Fsp3) is 0.391. The Balaban J connectivity index is 1.26. The molecule has 6 heteroatoms. The molecule has 29 heavy (non-hydrogen) atoms. The number of rotatable bonds is 5. The summed E-state index contributed by atoms with van der Waals surface area (Å²) < 4.78 is 39.0. The first kappa shape index (κ1) is 20.5. The van der Waals surface area contributed by atoms with Crippen LogP contribution in [-0.4, -0.2) is 29.5 Å². The van der Waals surface area contributed by atoms with Gasteiger partial charge in [-0.2, -0.15) is 13.2 Å². The van der Waals surface area contributed by atoms with Crippen LogP contribution >= 0.6 is 15.9 Å². The molecular formula is C23H24BrF3N2. The molecule has 1 aliphatic rings. The van der Waals surface area contributed by atoms with Crippen molar-refractivity contribution in [2.75, 3.05) is 19.6 Å². The number of likely N-dealkylation sites (tertiary alicyclic amines) is 1. The molecule has 0 unspecified atom stereocenters. The van der Waals surface area contributed by atoms with Crippen molar-refractivity contribution in [2.45, 2.75) is 37.8 Å². The molecule has 1 aromatic heterocycles. The van der Waals surface area contributed by atoms with E-state index in [0.717, 1.165) is 55.4 Å². The van der Waals surface area contributed by atoms with Crippen LogP contribution in [0.4, 0.5) is 13.2 Å². The normalized spacial score (nSPS) is 16.6. The molecule has 1 fully saturated rings. The number of aryl methyl sites for hydroxylation is 1. The maximum absolute atomic E-state index is 12.6. The number of halogens is 4. The quantitative estimate of drug-likeness (QED) is 0.441. The summed E-state index contributed by atoms with van der Waals surface area (Å²) in [6.07, 6.45) is 1.95. The Hall–Kier alpha value is -1.79. The summed E-state index contributed by atoms with van der Waals surface area (Å²) >= 11 is 3.57. The Morgan fingerprint density at radius 2 is 1.76 bits per heavy atom. The molecule has 2 nitrogen and oxygen atoms in total. The van der Waals surface area contributed by atoms with E-state index in [-0.39, 0.29) is 0 Å². The number of nitrogens with one attached hydrogen (secondary N) is 1. The molecule has 0 radical (unpaired) electrons. The number of piperidine rings is 1. The van der Waals surface area contributed by atoms with Gasteiger partial charge in [0, 0.05) is 21.6 Å². The molecule has 1 N–H and O–H groups in total.